The van der Waals surface area contributed by atoms with E-state index >= 15 is 0 Å². The van der Waals surface area contributed by atoms with Gasteiger partial charge in [0.25, 0.3) is 0 Å². The lowest BCUT2D eigenvalue weighted by Gasteiger charge is -2.30. The van der Waals surface area contributed by atoms with E-state index in [1.165, 1.54) is 7.11 Å². The van der Waals surface area contributed by atoms with Crippen LogP contribution in [0.1, 0.15) is 42.1 Å². The maximum Gasteiger partial charge on any atom is 0.309 e. The predicted molar refractivity (Wildman–Crippen MR) is 75.5 cm³/mol. The SMILES string of the molecule is CCOC(=O)[C@@H]1CC(=O)c2c(OC)ccc(Cl)c2[C@H]1C. The van der Waals surface area contributed by atoms with Gasteiger partial charge in [0.2, 0.25) is 0 Å². The normalized spacial score (nSPS) is 21.3. The van der Waals surface area contributed by atoms with Crippen LogP contribution in [0.2, 0.25) is 5.02 Å². The van der Waals surface area contributed by atoms with Crippen molar-refractivity contribution in [1.29, 1.82) is 0 Å². The number of benzene rings is 1. The first-order chi connectivity index (χ1) is 9.51. The summed E-state index contributed by atoms with van der Waals surface area (Å²) in [7, 11) is 1.51. The summed E-state index contributed by atoms with van der Waals surface area (Å²) in [6, 6.07) is 3.37. The molecular formula is C15H17ClO4. The molecule has 0 radical (unpaired) electrons. The number of hydrogen-bond donors (Lipinski definition) is 0. The number of ether oxygens (including phenoxy) is 2. The lowest BCUT2D eigenvalue weighted by molar-refractivity contribution is -0.148. The second kappa shape index (κ2) is 5.83. The van der Waals surface area contributed by atoms with E-state index in [2.05, 4.69) is 0 Å². The summed E-state index contributed by atoms with van der Waals surface area (Å²) in [5.74, 6) is -0.638. The maximum atomic E-state index is 12.3. The molecule has 0 bridgehead atoms. The van der Waals surface area contributed by atoms with E-state index in [1.54, 1.807) is 19.1 Å². The number of carbonyl (C=O) groups excluding carboxylic acids is 2. The highest BCUT2D eigenvalue weighted by Crippen LogP contribution is 2.43. The number of ketones is 1. The van der Waals surface area contributed by atoms with Crippen molar-refractivity contribution in [3.63, 3.8) is 0 Å². The van der Waals surface area contributed by atoms with Gasteiger partial charge < -0.3 is 9.47 Å². The molecule has 0 aliphatic heterocycles. The molecule has 5 heteroatoms. The molecule has 20 heavy (non-hydrogen) atoms. The van der Waals surface area contributed by atoms with Gasteiger partial charge in [-0.1, -0.05) is 18.5 Å². The van der Waals surface area contributed by atoms with E-state index < -0.39 is 5.92 Å². The van der Waals surface area contributed by atoms with E-state index in [4.69, 9.17) is 21.1 Å². The van der Waals surface area contributed by atoms with E-state index in [0.29, 0.717) is 28.5 Å². The number of hydrogen-bond acceptors (Lipinski definition) is 4. The molecule has 2 atom stereocenters. The van der Waals surface area contributed by atoms with Crippen molar-refractivity contribution in [3.05, 3.63) is 28.3 Å². The summed E-state index contributed by atoms with van der Waals surface area (Å²) < 4.78 is 10.3. The van der Waals surface area contributed by atoms with Crippen molar-refractivity contribution in [2.45, 2.75) is 26.2 Å². The smallest absolute Gasteiger partial charge is 0.309 e. The minimum atomic E-state index is -0.487. The fourth-order valence-corrected chi connectivity index (χ4v) is 3.02. The summed E-state index contributed by atoms with van der Waals surface area (Å²) in [6.07, 6.45) is 0.129. The summed E-state index contributed by atoms with van der Waals surface area (Å²) in [6.45, 7) is 3.93. The number of halogens is 1. The van der Waals surface area contributed by atoms with Gasteiger partial charge in [-0.2, -0.15) is 0 Å². The quantitative estimate of drug-likeness (QED) is 0.804. The molecule has 0 spiro atoms. The highest BCUT2D eigenvalue weighted by Gasteiger charge is 2.39. The molecule has 0 aromatic heterocycles. The molecule has 0 saturated carbocycles. The van der Waals surface area contributed by atoms with Crippen LogP contribution in [0.4, 0.5) is 0 Å². The fourth-order valence-electron chi connectivity index (χ4n) is 2.69. The Hall–Kier alpha value is -1.55. The van der Waals surface area contributed by atoms with Gasteiger partial charge in [0, 0.05) is 11.4 Å². The number of rotatable bonds is 3. The van der Waals surface area contributed by atoms with Crippen LogP contribution in [-0.4, -0.2) is 25.5 Å². The molecule has 0 N–H and O–H groups in total. The summed E-state index contributed by atoms with van der Waals surface area (Å²) in [5, 5.41) is 0.482. The monoisotopic (exact) mass is 296 g/mol. The van der Waals surface area contributed by atoms with Gasteiger partial charge in [0.1, 0.15) is 5.75 Å². The van der Waals surface area contributed by atoms with Crippen LogP contribution >= 0.6 is 11.6 Å². The van der Waals surface area contributed by atoms with Crippen LogP contribution in [0.3, 0.4) is 0 Å². The van der Waals surface area contributed by atoms with Gasteiger partial charge in [0.15, 0.2) is 5.78 Å². The Labute approximate surface area is 123 Å². The van der Waals surface area contributed by atoms with Crippen molar-refractivity contribution in [1.82, 2.24) is 0 Å². The van der Waals surface area contributed by atoms with Gasteiger partial charge in [-0.3, -0.25) is 9.59 Å². The molecule has 0 amide bonds. The number of esters is 1. The Morgan fingerprint density at radius 2 is 2.15 bits per heavy atom. The van der Waals surface area contributed by atoms with Crippen molar-refractivity contribution < 1.29 is 19.1 Å². The Balaban J connectivity index is 2.50. The van der Waals surface area contributed by atoms with Crippen LogP contribution in [0.5, 0.6) is 5.75 Å². The third-order valence-corrected chi connectivity index (χ3v) is 4.04. The third kappa shape index (κ3) is 2.40. The van der Waals surface area contributed by atoms with Crippen molar-refractivity contribution >= 4 is 23.4 Å². The van der Waals surface area contributed by atoms with Crippen molar-refractivity contribution in [3.8, 4) is 5.75 Å². The van der Waals surface area contributed by atoms with Gasteiger partial charge >= 0.3 is 5.97 Å². The molecule has 1 aromatic rings. The lowest BCUT2D eigenvalue weighted by atomic mass is 9.75. The van der Waals surface area contributed by atoms with E-state index in [0.717, 1.165) is 0 Å². The zero-order valence-electron chi connectivity index (χ0n) is 11.7. The lowest BCUT2D eigenvalue weighted by Crippen LogP contribution is -2.31. The van der Waals surface area contributed by atoms with Gasteiger partial charge in [-0.25, -0.2) is 0 Å². The number of methoxy groups -OCH3 is 1. The highest BCUT2D eigenvalue weighted by molar-refractivity contribution is 6.32. The molecule has 1 aromatic carbocycles. The first-order valence-corrected chi connectivity index (χ1v) is 6.95. The fraction of sp³-hybridized carbons (Fsp3) is 0.467. The predicted octanol–water partition coefficient (Wildman–Crippen LogP) is 3.22. The standard InChI is InChI=1S/C15H17ClO4/c1-4-20-15(18)9-7-11(17)14-12(19-3)6-5-10(16)13(14)8(9)2/h5-6,8-9H,4,7H2,1-3H3/t8-,9+/m0/s1. The van der Waals surface area contributed by atoms with Crippen LogP contribution in [0, 0.1) is 5.92 Å². The number of carbonyl (C=O) groups is 2. The Bertz CT molecular complexity index is 553. The van der Waals surface area contributed by atoms with E-state index in [-0.39, 0.29) is 24.1 Å². The molecule has 2 rings (SSSR count). The molecule has 0 unspecified atom stereocenters. The number of fused-ring (bicyclic) bond motifs is 1. The van der Waals surface area contributed by atoms with Crippen LogP contribution in [0.25, 0.3) is 0 Å². The second-order valence-corrected chi connectivity index (χ2v) is 5.22. The largest absolute Gasteiger partial charge is 0.496 e. The van der Waals surface area contributed by atoms with Gasteiger partial charge in [0.05, 0.1) is 25.2 Å². The minimum absolute atomic E-state index is 0.129. The van der Waals surface area contributed by atoms with Crippen LogP contribution in [-0.2, 0) is 9.53 Å². The first-order valence-electron chi connectivity index (χ1n) is 6.57. The Morgan fingerprint density at radius 1 is 1.45 bits per heavy atom. The number of Topliss-reactive ketones (excluding diaryl/α,β-unsaturated/α-hetero) is 1. The van der Waals surface area contributed by atoms with Gasteiger partial charge in [-0.15, -0.1) is 0 Å². The summed E-state index contributed by atoms with van der Waals surface area (Å²) in [4.78, 5) is 24.3. The molecule has 0 saturated heterocycles. The molecule has 1 aliphatic rings. The molecule has 0 fully saturated rings. The molecular weight excluding hydrogens is 280 g/mol. The van der Waals surface area contributed by atoms with E-state index in [1.807, 2.05) is 6.92 Å². The molecule has 4 nitrogen and oxygen atoms in total. The summed E-state index contributed by atoms with van der Waals surface area (Å²) >= 11 is 6.22. The van der Waals surface area contributed by atoms with Crippen molar-refractivity contribution in [2.24, 2.45) is 5.92 Å². The Kier molecular flexibility index (Phi) is 4.33. The topological polar surface area (TPSA) is 52.6 Å². The summed E-state index contributed by atoms with van der Waals surface area (Å²) in [5.41, 5.74) is 1.17. The minimum Gasteiger partial charge on any atom is -0.496 e. The van der Waals surface area contributed by atoms with Crippen LogP contribution < -0.4 is 4.74 Å². The van der Waals surface area contributed by atoms with Gasteiger partial charge in [-0.05, 0) is 30.5 Å². The zero-order valence-corrected chi connectivity index (χ0v) is 12.5. The van der Waals surface area contributed by atoms with Crippen molar-refractivity contribution in [2.75, 3.05) is 13.7 Å². The maximum absolute atomic E-state index is 12.3. The second-order valence-electron chi connectivity index (χ2n) is 4.81. The highest BCUT2D eigenvalue weighted by atomic mass is 35.5. The van der Waals surface area contributed by atoms with Crippen LogP contribution in [0.15, 0.2) is 12.1 Å². The van der Waals surface area contributed by atoms with E-state index in [9.17, 15) is 9.59 Å². The first kappa shape index (κ1) is 14.9. The molecule has 108 valence electrons. The zero-order chi connectivity index (χ0) is 14.9. The molecule has 1 aliphatic carbocycles. The molecule has 0 heterocycles. The Morgan fingerprint density at radius 3 is 2.75 bits per heavy atom. The average Bonchev–Trinajstić information content (AvgIpc) is 2.42. The third-order valence-electron chi connectivity index (χ3n) is 3.71. The average molecular weight is 297 g/mol.